The van der Waals surface area contributed by atoms with Crippen LogP contribution in [0.1, 0.15) is 88.3 Å². The molecule has 0 radical (unpaired) electrons. The number of aliphatic hydroxyl groups is 1. The Hall–Kier alpha value is -6.57. The molecule has 0 atom stereocenters. The number of ketones is 2. The van der Waals surface area contributed by atoms with Gasteiger partial charge in [0.2, 0.25) is 50.9 Å². The number of hydrogen-bond donors (Lipinski definition) is 3. The molecular weight excluding hydrogens is 1180 g/mol. The number of hydrogen-bond acceptors (Lipinski definition) is 17. The molecule has 84 heavy (non-hydrogen) atoms. The number of benzene rings is 6. The fourth-order valence-electron chi connectivity index (χ4n) is 10.7. The SMILES string of the molecule is CC1(C)CC(=CC=C2C(=O)c3ccc(C(=O)[O-])cc3S2(=O)=O)C=C(C=CC2=C(O)c3ccc(CO[O-])cc3S2(=O)=O)C1.CC1=C(/C=C/C(C)=C/C=C2/C(=O)c3ccc4cc(O)ccc4c3S2(=O)=O)S(=O)(=O)c2c1ccc1cc(O)ccc21.[Na+].[Na+]. The number of Topliss-reactive ketones (excluding diaryl/α,β-unsaturated/α-hetero) is 2. The van der Waals surface area contributed by atoms with Crippen LogP contribution in [0.5, 0.6) is 11.5 Å². The minimum Gasteiger partial charge on any atom is -0.723 e. The number of carbonyl (C=O) groups excluding carboxylic acids is 3. The second kappa shape index (κ2) is 23.4. The summed E-state index contributed by atoms with van der Waals surface area (Å²) in [7, 11) is -16.3. The zero-order valence-electron chi connectivity index (χ0n) is 45.7. The Labute approximate surface area is 527 Å². The van der Waals surface area contributed by atoms with E-state index in [1.54, 1.807) is 56.3 Å². The number of rotatable bonds is 9. The number of carboxylic acids is 1. The third-order valence-electron chi connectivity index (χ3n) is 14.5. The summed E-state index contributed by atoms with van der Waals surface area (Å²) in [6.45, 7) is 7.02. The van der Waals surface area contributed by atoms with Crippen molar-refractivity contribution in [2.45, 2.75) is 66.7 Å². The number of fused-ring (bicyclic) bond motifs is 8. The van der Waals surface area contributed by atoms with Gasteiger partial charge in [0.05, 0.1) is 37.1 Å². The number of aliphatic hydroxyl groups excluding tert-OH is 1. The van der Waals surface area contributed by atoms with E-state index in [2.05, 4.69) is 4.89 Å². The van der Waals surface area contributed by atoms with Crippen molar-refractivity contribution in [2.75, 3.05) is 0 Å². The molecule has 0 bridgehead atoms. The van der Waals surface area contributed by atoms with Gasteiger partial charge < -0.3 is 35.4 Å². The molecule has 6 aromatic rings. The normalized spacial score (nSPS) is 20.0. The van der Waals surface area contributed by atoms with Crippen LogP contribution < -0.4 is 69.5 Å². The van der Waals surface area contributed by atoms with E-state index in [-0.39, 0.29) is 139 Å². The maximum absolute atomic E-state index is 13.5. The monoisotopic (exact) mass is 1220 g/mol. The molecule has 0 fully saturated rings. The van der Waals surface area contributed by atoms with Crippen LogP contribution in [0.25, 0.3) is 32.9 Å². The van der Waals surface area contributed by atoms with E-state index in [0.717, 1.165) is 18.2 Å². The van der Waals surface area contributed by atoms with Gasteiger partial charge in [-0.15, -0.1) is 0 Å². The molecule has 4 heterocycles. The molecule has 3 N–H and O–H groups in total. The number of allylic oxidation sites excluding steroid dienone is 15. The fourth-order valence-corrected chi connectivity index (χ4v) is 17.6. The van der Waals surface area contributed by atoms with Crippen molar-refractivity contribution in [3.05, 3.63) is 221 Å². The van der Waals surface area contributed by atoms with E-state index in [4.69, 9.17) is 0 Å². The summed E-state index contributed by atoms with van der Waals surface area (Å²) in [5.74, 6) is -3.32. The van der Waals surface area contributed by atoms with Crippen molar-refractivity contribution in [2.24, 2.45) is 5.41 Å². The van der Waals surface area contributed by atoms with E-state index >= 15 is 0 Å². The summed E-state index contributed by atoms with van der Waals surface area (Å²) in [6.07, 6.45) is 14.1. The fraction of sp³-hybridized carbons (Fsp3) is 0.131. The molecule has 0 unspecified atom stereocenters. The Morgan fingerprint density at radius 1 is 0.619 bits per heavy atom. The molecule has 6 aromatic carbocycles. The van der Waals surface area contributed by atoms with Crippen molar-refractivity contribution in [1.82, 2.24) is 0 Å². The number of phenols is 2. The third kappa shape index (κ3) is 11.3. The first-order valence-corrected chi connectivity index (χ1v) is 30.9. The largest absolute Gasteiger partial charge is 1.00 e. The number of sulfone groups is 4. The van der Waals surface area contributed by atoms with Gasteiger partial charge in [-0.05, 0) is 167 Å². The second-order valence-electron chi connectivity index (χ2n) is 20.8. The maximum Gasteiger partial charge on any atom is 1.00 e. The standard InChI is InChI=1S/C31H22O7S2.C30H26O10S2.2Na/c1-17(3-13-27-18(2)23-9-5-19-15-21(32)7-11-24(19)30(23)39(27,35)36)4-14-28-29(34)26-10-6-20-16-22(33)8-12-25(20)31(26)40(28,37)38;1-30(2)14-17(4-9-23-27(31)21-7-3-19(16-40-35)12-25(21)41(23,36)37)11-18(15-30)5-10-24-28(32)22-8-6-20(29(33)34)13-26(22)42(24,38)39;;/h3-16,32-33H,1-2H3;3-13,31,35H,14-16H2,1-2H3,(H,33,34);;/q;;2*+1/p-2/b13-3+,17-4+,28-14-;;;. The van der Waals surface area contributed by atoms with Gasteiger partial charge in [-0.1, -0.05) is 80.1 Å². The first-order chi connectivity index (χ1) is 38.6. The molecule has 5 aliphatic rings. The first kappa shape index (κ1) is 63.5. The maximum atomic E-state index is 13.5. The van der Waals surface area contributed by atoms with E-state index < -0.39 is 67.5 Å². The average Bonchev–Trinajstić information content (AvgIpc) is 2.60. The average molecular weight is 1230 g/mol. The third-order valence-corrected chi connectivity index (χ3v) is 22.0. The van der Waals surface area contributed by atoms with Gasteiger partial charge in [-0.2, -0.15) is 0 Å². The van der Waals surface area contributed by atoms with Crippen LogP contribution >= 0.6 is 0 Å². The summed E-state index contributed by atoms with van der Waals surface area (Å²) in [5.41, 5.74) is 2.81. The van der Waals surface area contributed by atoms with Crippen molar-refractivity contribution in [3.8, 4) is 11.5 Å². The molecular formula is C61H46Na2O17S4. The Bertz CT molecular complexity index is 4730. The van der Waals surface area contributed by atoms with Gasteiger partial charge >= 0.3 is 59.1 Å². The molecule has 0 spiro atoms. The summed E-state index contributed by atoms with van der Waals surface area (Å²) in [6, 6.07) is 22.7. The summed E-state index contributed by atoms with van der Waals surface area (Å²) in [5, 5.41) is 53.9. The quantitative estimate of drug-likeness (QED) is 0.0616. The molecule has 1 aliphatic carbocycles. The summed E-state index contributed by atoms with van der Waals surface area (Å²) >= 11 is 0. The van der Waals surface area contributed by atoms with Gasteiger partial charge in [-0.3, -0.25) is 9.59 Å². The van der Waals surface area contributed by atoms with Gasteiger partial charge in [0.1, 0.15) is 32.0 Å². The number of carboxylic acid groups (broad SMARTS) is 1. The topological polar surface area (TPSA) is 304 Å². The second-order valence-corrected chi connectivity index (χ2v) is 28.3. The van der Waals surface area contributed by atoms with E-state index in [1.807, 2.05) is 13.8 Å². The number of aromatic hydroxyl groups is 2. The van der Waals surface area contributed by atoms with Crippen LogP contribution in [0, 0.1) is 5.41 Å². The molecule has 0 saturated heterocycles. The summed E-state index contributed by atoms with van der Waals surface area (Å²) in [4.78, 5) is 39.5. The smallest absolute Gasteiger partial charge is 0.723 e. The minimum atomic E-state index is -4.25. The number of carbonyl (C=O) groups is 3. The van der Waals surface area contributed by atoms with Crippen LogP contribution in [0.2, 0.25) is 0 Å². The van der Waals surface area contributed by atoms with Crippen molar-refractivity contribution < 1.29 is 138 Å². The molecule has 0 amide bonds. The van der Waals surface area contributed by atoms with E-state index in [9.17, 15) is 73.7 Å². The first-order valence-electron chi connectivity index (χ1n) is 24.9. The Morgan fingerprint density at radius 2 is 1.19 bits per heavy atom. The van der Waals surface area contributed by atoms with Gasteiger partial charge in [0.25, 0.3) is 0 Å². The van der Waals surface area contributed by atoms with Crippen molar-refractivity contribution >= 4 is 89.8 Å². The van der Waals surface area contributed by atoms with Crippen LogP contribution in [0.4, 0.5) is 0 Å². The zero-order chi connectivity index (χ0) is 59.2. The molecule has 418 valence electrons. The number of aromatic carboxylic acids is 1. The van der Waals surface area contributed by atoms with E-state index in [0.29, 0.717) is 67.8 Å². The van der Waals surface area contributed by atoms with Gasteiger partial charge in [0.15, 0.2) is 0 Å². The van der Waals surface area contributed by atoms with Crippen LogP contribution in [-0.2, 0) is 50.8 Å². The minimum absolute atomic E-state index is 0. The van der Waals surface area contributed by atoms with Crippen molar-refractivity contribution in [3.63, 3.8) is 0 Å². The van der Waals surface area contributed by atoms with Crippen LogP contribution in [0.3, 0.4) is 0 Å². The van der Waals surface area contributed by atoms with Crippen molar-refractivity contribution in [1.29, 1.82) is 0 Å². The molecule has 0 saturated carbocycles. The molecule has 17 nitrogen and oxygen atoms in total. The molecule has 0 aromatic heterocycles. The Balaban J connectivity index is 0.000000214. The zero-order valence-corrected chi connectivity index (χ0v) is 53.0. The van der Waals surface area contributed by atoms with Crippen LogP contribution in [-0.4, -0.2) is 66.5 Å². The van der Waals surface area contributed by atoms with Gasteiger partial charge in [-0.25, -0.2) is 33.7 Å². The van der Waals surface area contributed by atoms with Gasteiger partial charge in [0, 0.05) is 27.5 Å². The Morgan fingerprint density at radius 3 is 1.82 bits per heavy atom. The Kier molecular flexibility index (Phi) is 17.6. The predicted molar refractivity (Wildman–Crippen MR) is 300 cm³/mol. The molecule has 4 aliphatic heterocycles. The van der Waals surface area contributed by atoms with E-state index in [1.165, 1.54) is 91.1 Å². The summed E-state index contributed by atoms with van der Waals surface area (Å²) < 4.78 is 106. The number of phenolic OH excluding ortho intramolecular Hbond substituents is 2. The van der Waals surface area contributed by atoms with Crippen LogP contribution in [0.15, 0.2) is 208 Å². The molecule has 11 rings (SSSR count). The molecule has 23 heteroatoms. The predicted octanol–water partition coefficient (Wildman–Crippen LogP) is 2.63.